The topological polar surface area (TPSA) is 81.7 Å². The smallest absolute Gasteiger partial charge is 0.349 e. The number of esters is 3. The van der Waals surface area contributed by atoms with Crippen molar-refractivity contribution in [2.75, 3.05) is 7.05 Å². The fraction of sp³-hybridized carbons (Fsp3) is 0.471. The van der Waals surface area contributed by atoms with Gasteiger partial charge in [-0.1, -0.05) is 19.1 Å². The van der Waals surface area contributed by atoms with E-state index >= 15 is 0 Å². The van der Waals surface area contributed by atoms with Gasteiger partial charge in [0, 0.05) is 18.9 Å². The highest BCUT2D eigenvalue weighted by Crippen LogP contribution is 2.20. The van der Waals surface area contributed by atoms with Crippen LogP contribution in [0.4, 0.5) is 0 Å². The first kappa shape index (κ1) is 18.8. The van der Waals surface area contributed by atoms with E-state index in [1.54, 1.807) is 12.1 Å². The van der Waals surface area contributed by atoms with E-state index in [4.69, 9.17) is 9.47 Å². The molecule has 0 fully saturated rings. The predicted molar refractivity (Wildman–Crippen MR) is 85.2 cm³/mol. The van der Waals surface area contributed by atoms with Crippen molar-refractivity contribution in [3.8, 4) is 5.75 Å². The highest BCUT2D eigenvalue weighted by Gasteiger charge is 2.23. The summed E-state index contributed by atoms with van der Waals surface area (Å²) >= 11 is 0. The van der Waals surface area contributed by atoms with Gasteiger partial charge in [-0.2, -0.15) is 0 Å². The summed E-state index contributed by atoms with van der Waals surface area (Å²) in [5.41, 5.74) is -0.138. The van der Waals surface area contributed by atoms with Crippen molar-refractivity contribution < 1.29 is 23.9 Å². The highest BCUT2D eigenvalue weighted by molar-refractivity contribution is 5.99. The van der Waals surface area contributed by atoms with Gasteiger partial charge in [0.15, 0.2) is 0 Å². The molecule has 0 saturated heterocycles. The first-order valence-electron chi connectivity index (χ1n) is 7.52. The van der Waals surface area contributed by atoms with Crippen LogP contribution in [0.25, 0.3) is 0 Å². The van der Waals surface area contributed by atoms with Gasteiger partial charge in [0.25, 0.3) is 0 Å². The lowest BCUT2D eigenvalue weighted by Gasteiger charge is -2.27. The lowest BCUT2D eigenvalue weighted by molar-refractivity contribution is -0.138. The van der Waals surface area contributed by atoms with Crippen LogP contribution < -0.4 is 10.1 Å². The van der Waals surface area contributed by atoms with Crippen LogP contribution in [-0.2, 0) is 14.3 Å². The summed E-state index contributed by atoms with van der Waals surface area (Å²) in [6.45, 7) is 5.25. The molecule has 126 valence electrons. The molecule has 6 nitrogen and oxygen atoms in total. The number of hydrogen-bond acceptors (Lipinski definition) is 6. The summed E-state index contributed by atoms with van der Waals surface area (Å²) in [6, 6.07) is 6.13. The van der Waals surface area contributed by atoms with Gasteiger partial charge in [-0.3, -0.25) is 9.59 Å². The second kappa shape index (κ2) is 8.43. The fourth-order valence-corrected chi connectivity index (χ4v) is 1.95. The van der Waals surface area contributed by atoms with Crippen LogP contribution in [0.1, 0.15) is 50.4 Å². The minimum atomic E-state index is -0.825. The molecule has 1 rings (SSSR count). The number of carbonyl (C=O) groups is 3. The summed E-state index contributed by atoms with van der Waals surface area (Å²) < 4.78 is 9.78. The number of nitrogens with one attached hydrogen (secondary N) is 1. The Bertz CT molecular complexity index is 578. The van der Waals surface area contributed by atoms with Crippen molar-refractivity contribution in [2.45, 2.75) is 45.6 Å². The van der Waals surface area contributed by atoms with E-state index in [9.17, 15) is 14.4 Å². The molecular weight excluding hydrogens is 298 g/mol. The number of rotatable bonds is 7. The Balaban J connectivity index is 2.69. The maximum absolute atomic E-state index is 12.1. The van der Waals surface area contributed by atoms with Crippen LogP contribution in [0.2, 0.25) is 0 Å². The van der Waals surface area contributed by atoms with Crippen LogP contribution in [0.5, 0.6) is 5.75 Å². The molecule has 0 bridgehead atoms. The van der Waals surface area contributed by atoms with Gasteiger partial charge in [-0.25, -0.2) is 4.79 Å². The predicted octanol–water partition coefficient (Wildman–Crippen LogP) is 2.46. The van der Waals surface area contributed by atoms with E-state index < -0.39 is 17.9 Å². The molecule has 1 aromatic rings. The van der Waals surface area contributed by atoms with Gasteiger partial charge in [-0.15, -0.1) is 0 Å². The number of benzene rings is 1. The molecule has 0 aliphatic rings. The lowest BCUT2D eigenvalue weighted by Crippen LogP contribution is -2.39. The molecular formula is C17H23NO5. The van der Waals surface area contributed by atoms with Gasteiger partial charge in [0.1, 0.15) is 11.3 Å². The van der Waals surface area contributed by atoms with Crippen molar-refractivity contribution in [1.29, 1.82) is 0 Å². The largest absolute Gasteiger partial charge is 0.426 e. The number of para-hydroxylation sites is 1. The summed E-state index contributed by atoms with van der Waals surface area (Å²) in [7, 11) is 1.83. The monoisotopic (exact) mass is 321 g/mol. The number of carbonyl (C=O) groups excluding carboxylic acids is 3. The zero-order valence-electron chi connectivity index (χ0n) is 14.0. The summed E-state index contributed by atoms with van der Waals surface area (Å²) in [5, 5.41) is 3.15. The van der Waals surface area contributed by atoms with E-state index in [1.807, 2.05) is 20.9 Å². The van der Waals surface area contributed by atoms with Gasteiger partial charge < -0.3 is 14.8 Å². The Morgan fingerprint density at radius 2 is 1.87 bits per heavy atom. The van der Waals surface area contributed by atoms with Crippen LogP contribution in [0.3, 0.4) is 0 Å². The van der Waals surface area contributed by atoms with E-state index in [2.05, 4.69) is 5.32 Å². The standard InChI is InChI=1S/C17H23NO5/c1-5-17(3,18-4)11-10-15(20)23-16(21)13-8-6-7-9-14(13)22-12(2)19/h6-9,18H,5,10-11H2,1-4H3. The molecule has 1 aromatic carbocycles. The molecule has 0 aromatic heterocycles. The normalized spacial score (nSPS) is 13.0. The maximum atomic E-state index is 12.1. The third-order valence-electron chi connectivity index (χ3n) is 3.83. The Hall–Kier alpha value is -2.21. The zero-order valence-corrected chi connectivity index (χ0v) is 14.0. The third kappa shape index (κ3) is 5.83. The third-order valence-corrected chi connectivity index (χ3v) is 3.83. The minimum Gasteiger partial charge on any atom is -0.426 e. The van der Waals surface area contributed by atoms with Crippen LogP contribution in [-0.4, -0.2) is 30.5 Å². The van der Waals surface area contributed by atoms with E-state index in [-0.39, 0.29) is 23.3 Å². The quantitative estimate of drug-likeness (QED) is 0.472. The summed E-state index contributed by atoms with van der Waals surface area (Å²) in [5.74, 6) is -1.91. The molecule has 23 heavy (non-hydrogen) atoms. The summed E-state index contributed by atoms with van der Waals surface area (Å²) in [6.07, 6.45) is 1.52. The fourth-order valence-electron chi connectivity index (χ4n) is 1.95. The minimum absolute atomic E-state index is 0.0444. The molecule has 0 heterocycles. The number of ether oxygens (including phenoxy) is 2. The van der Waals surface area contributed by atoms with Crippen LogP contribution in [0, 0.1) is 0 Å². The first-order valence-corrected chi connectivity index (χ1v) is 7.52. The SMILES string of the molecule is CCC(C)(CCC(=O)OC(=O)c1ccccc1OC(C)=O)NC. The van der Waals surface area contributed by atoms with E-state index in [1.165, 1.54) is 19.1 Å². The average molecular weight is 321 g/mol. The van der Waals surface area contributed by atoms with E-state index in [0.717, 1.165) is 6.42 Å². The molecule has 1 N–H and O–H groups in total. The lowest BCUT2D eigenvalue weighted by atomic mass is 9.93. The van der Waals surface area contributed by atoms with E-state index in [0.29, 0.717) is 6.42 Å². The first-order chi connectivity index (χ1) is 10.8. The molecule has 0 spiro atoms. The molecule has 0 saturated carbocycles. The van der Waals surface area contributed by atoms with Crippen molar-refractivity contribution in [3.05, 3.63) is 29.8 Å². The highest BCUT2D eigenvalue weighted by atomic mass is 16.6. The molecule has 0 aliphatic carbocycles. The Labute approximate surface area is 136 Å². The Morgan fingerprint density at radius 3 is 2.43 bits per heavy atom. The molecule has 0 aliphatic heterocycles. The molecule has 0 radical (unpaired) electrons. The second-order valence-electron chi connectivity index (χ2n) is 5.52. The van der Waals surface area contributed by atoms with Gasteiger partial charge in [0.2, 0.25) is 0 Å². The average Bonchev–Trinajstić information content (AvgIpc) is 2.52. The van der Waals surface area contributed by atoms with Gasteiger partial charge >= 0.3 is 17.9 Å². The Kier molecular flexibility index (Phi) is 6.90. The molecule has 1 unspecified atom stereocenters. The molecule has 0 amide bonds. The van der Waals surface area contributed by atoms with Crippen molar-refractivity contribution in [1.82, 2.24) is 5.32 Å². The van der Waals surface area contributed by atoms with Crippen molar-refractivity contribution in [3.63, 3.8) is 0 Å². The summed E-state index contributed by atoms with van der Waals surface area (Å²) in [4.78, 5) is 35.0. The maximum Gasteiger partial charge on any atom is 0.349 e. The molecule has 6 heteroatoms. The Morgan fingerprint density at radius 1 is 1.22 bits per heavy atom. The number of hydrogen-bond donors (Lipinski definition) is 1. The zero-order chi connectivity index (χ0) is 17.5. The van der Waals surface area contributed by atoms with Crippen molar-refractivity contribution >= 4 is 17.9 Å². The molecule has 1 atom stereocenters. The van der Waals surface area contributed by atoms with Gasteiger partial charge in [-0.05, 0) is 38.9 Å². The second-order valence-corrected chi connectivity index (χ2v) is 5.52. The van der Waals surface area contributed by atoms with Crippen LogP contribution >= 0.6 is 0 Å². The van der Waals surface area contributed by atoms with Gasteiger partial charge in [0.05, 0.1) is 0 Å². The van der Waals surface area contributed by atoms with Crippen molar-refractivity contribution in [2.24, 2.45) is 0 Å². The van der Waals surface area contributed by atoms with Crippen LogP contribution in [0.15, 0.2) is 24.3 Å².